The number of rotatable bonds is 2. The van der Waals surface area contributed by atoms with E-state index in [0.29, 0.717) is 0 Å². The van der Waals surface area contributed by atoms with Crippen LogP contribution in [0.15, 0.2) is 0 Å². The lowest BCUT2D eigenvalue weighted by Crippen LogP contribution is -2.44. The second-order valence-electron chi connectivity index (χ2n) is 7.58. The summed E-state index contributed by atoms with van der Waals surface area (Å²) >= 11 is 0. The number of carbonyl (C=O) groups is 1. The molecule has 21 heavy (non-hydrogen) atoms. The molecule has 4 nitrogen and oxygen atoms in total. The molecule has 2 aliphatic rings. The molecule has 1 amide bonds. The molecule has 0 saturated carbocycles. The van der Waals surface area contributed by atoms with Crippen LogP contribution in [0, 0.1) is 11.8 Å². The second kappa shape index (κ2) is 6.99. The molecule has 2 fully saturated rings. The van der Waals surface area contributed by atoms with Crippen molar-refractivity contribution in [1.82, 2.24) is 9.80 Å². The number of hydrogen-bond donors (Lipinski definition) is 0. The Hall–Kier alpha value is -0.770. The maximum absolute atomic E-state index is 12.1. The number of amides is 1. The smallest absolute Gasteiger partial charge is 0.410 e. The first-order valence-electron chi connectivity index (χ1n) is 8.59. The van der Waals surface area contributed by atoms with Crippen LogP contribution in [0.3, 0.4) is 0 Å². The molecule has 122 valence electrons. The van der Waals surface area contributed by atoms with Crippen LogP contribution in [0.4, 0.5) is 4.79 Å². The summed E-state index contributed by atoms with van der Waals surface area (Å²) in [5.41, 5.74) is -0.388. The van der Waals surface area contributed by atoms with Crippen molar-refractivity contribution in [2.75, 3.05) is 32.7 Å². The van der Waals surface area contributed by atoms with Crippen molar-refractivity contribution >= 4 is 6.09 Å². The molecule has 0 aromatic heterocycles. The summed E-state index contributed by atoms with van der Waals surface area (Å²) in [6, 6.07) is 0. The minimum absolute atomic E-state index is 0.137. The summed E-state index contributed by atoms with van der Waals surface area (Å²) in [4.78, 5) is 16.5. The third kappa shape index (κ3) is 4.87. The maximum atomic E-state index is 12.1. The van der Waals surface area contributed by atoms with Crippen molar-refractivity contribution in [3.63, 3.8) is 0 Å². The molecule has 0 N–H and O–H groups in total. The molecule has 0 bridgehead atoms. The lowest BCUT2D eigenvalue weighted by Gasteiger charge is -2.40. The number of likely N-dealkylation sites (tertiary alicyclic amines) is 2. The Kier molecular flexibility index (Phi) is 5.53. The highest BCUT2D eigenvalue weighted by molar-refractivity contribution is 5.68. The fourth-order valence-electron chi connectivity index (χ4n) is 3.62. The van der Waals surface area contributed by atoms with Gasteiger partial charge in [0.25, 0.3) is 0 Å². The molecule has 0 unspecified atom stereocenters. The van der Waals surface area contributed by atoms with Crippen LogP contribution in [0.1, 0.15) is 53.4 Å². The summed E-state index contributed by atoms with van der Waals surface area (Å²) in [5.74, 6) is 1.68. The van der Waals surface area contributed by atoms with Gasteiger partial charge in [0, 0.05) is 13.1 Å². The molecule has 4 heteroatoms. The van der Waals surface area contributed by atoms with Gasteiger partial charge in [-0.15, -0.1) is 0 Å². The average Bonchev–Trinajstić information content (AvgIpc) is 2.46. The van der Waals surface area contributed by atoms with Crippen LogP contribution in [-0.2, 0) is 4.74 Å². The highest BCUT2D eigenvalue weighted by Gasteiger charge is 2.31. The maximum Gasteiger partial charge on any atom is 0.410 e. The molecular formula is C17H32N2O2. The SMILES string of the molecule is CCN1CCC(C2CCN(C(=O)OC(C)(C)C)CC2)CC1. The van der Waals surface area contributed by atoms with Gasteiger partial charge in [-0.1, -0.05) is 6.92 Å². The van der Waals surface area contributed by atoms with E-state index in [0.717, 1.165) is 37.8 Å². The van der Waals surface area contributed by atoms with Crippen molar-refractivity contribution in [2.45, 2.75) is 59.0 Å². The van der Waals surface area contributed by atoms with Gasteiger partial charge in [0.15, 0.2) is 0 Å². The number of nitrogens with zero attached hydrogens (tertiary/aromatic N) is 2. The Morgan fingerprint density at radius 3 is 1.90 bits per heavy atom. The Bertz CT molecular complexity index is 335. The molecule has 0 radical (unpaired) electrons. The van der Waals surface area contributed by atoms with E-state index in [9.17, 15) is 4.79 Å². The van der Waals surface area contributed by atoms with E-state index in [1.54, 1.807) is 0 Å². The number of hydrogen-bond acceptors (Lipinski definition) is 3. The third-order valence-electron chi connectivity index (χ3n) is 4.94. The van der Waals surface area contributed by atoms with Crippen LogP contribution < -0.4 is 0 Å². The Labute approximate surface area is 129 Å². The predicted molar refractivity (Wildman–Crippen MR) is 85.4 cm³/mol. The summed E-state index contributed by atoms with van der Waals surface area (Å²) in [7, 11) is 0. The van der Waals surface area contributed by atoms with E-state index in [4.69, 9.17) is 4.74 Å². The highest BCUT2D eigenvalue weighted by atomic mass is 16.6. The van der Waals surface area contributed by atoms with Crippen LogP contribution in [0.5, 0.6) is 0 Å². The molecule has 0 aromatic rings. The van der Waals surface area contributed by atoms with Gasteiger partial charge in [-0.25, -0.2) is 4.79 Å². The monoisotopic (exact) mass is 296 g/mol. The van der Waals surface area contributed by atoms with Crippen molar-refractivity contribution in [3.8, 4) is 0 Å². The van der Waals surface area contributed by atoms with E-state index >= 15 is 0 Å². The normalized spacial score (nSPS) is 23.3. The molecule has 2 aliphatic heterocycles. The van der Waals surface area contributed by atoms with Crippen LogP contribution in [0.2, 0.25) is 0 Å². The molecule has 0 aromatic carbocycles. The van der Waals surface area contributed by atoms with Crippen LogP contribution in [0.25, 0.3) is 0 Å². The summed E-state index contributed by atoms with van der Waals surface area (Å²) in [5, 5.41) is 0. The van der Waals surface area contributed by atoms with Crippen molar-refractivity contribution in [3.05, 3.63) is 0 Å². The summed E-state index contributed by atoms with van der Waals surface area (Å²) < 4.78 is 5.47. The van der Waals surface area contributed by atoms with Gasteiger partial charge >= 0.3 is 6.09 Å². The molecular weight excluding hydrogens is 264 g/mol. The fraction of sp³-hybridized carbons (Fsp3) is 0.941. The van der Waals surface area contributed by atoms with E-state index in [2.05, 4.69) is 11.8 Å². The van der Waals surface area contributed by atoms with Crippen LogP contribution in [-0.4, -0.2) is 54.2 Å². The number of piperidine rings is 2. The van der Waals surface area contributed by atoms with Crippen LogP contribution >= 0.6 is 0 Å². The minimum atomic E-state index is -0.388. The molecule has 0 aliphatic carbocycles. The molecule has 2 saturated heterocycles. The van der Waals surface area contributed by atoms with Gasteiger partial charge in [-0.2, -0.15) is 0 Å². The van der Waals surface area contributed by atoms with Gasteiger partial charge in [-0.3, -0.25) is 0 Å². The van der Waals surface area contributed by atoms with E-state index in [-0.39, 0.29) is 11.7 Å². The Morgan fingerprint density at radius 2 is 1.48 bits per heavy atom. The molecule has 2 heterocycles. The quantitative estimate of drug-likeness (QED) is 0.783. The first-order chi connectivity index (χ1) is 9.89. The molecule has 0 atom stereocenters. The van der Waals surface area contributed by atoms with Gasteiger partial charge in [0.05, 0.1) is 0 Å². The molecule has 0 spiro atoms. The summed E-state index contributed by atoms with van der Waals surface area (Å²) in [6.07, 6.45) is 4.84. The van der Waals surface area contributed by atoms with E-state index < -0.39 is 0 Å². The first kappa shape index (κ1) is 16.6. The van der Waals surface area contributed by atoms with Crippen molar-refractivity contribution < 1.29 is 9.53 Å². The van der Waals surface area contributed by atoms with Gasteiger partial charge in [-0.05, 0) is 77.9 Å². The Morgan fingerprint density at radius 1 is 1.00 bits per heavy atom. The Balaban J connectivity index is 1.75. The minimum Gasteiger partial charge on any atom is -0.444 e. The first-order valence-corrected chi connectivity index (χ1v) is 8.59. The highest BCUT2D eigenvalue weighted by Crippen LogP contribution is 2.32. The van der Waals surface area contributed by atoms with Gasteiger partial charge in [0.2, 0.25) is 0 Å². The average molecular weight is 296 g/mol. The predicted octanol–water partition coefficient (Wildman–Crippen LogP) is 3.37. The van der Waals surface area contributed by atoms with E-state index in [1.807, 2.05) is 25.7 Å². The molecule has 2 rings (SSSR count). The topological polar surface area (TPSA) is 32.8 Å². The van der Waals surface area contributed by atoms with Crippen molar-refractivity contribution in [2.24, 2.45) is 11.8 Å². The largest absolute Gasteiger partial charge is 0.444 e. The van der Waals surface area contributed by atoms with E-state index in [1.165, 1.54) is 32.5 Å². The van der Waals surface area contributed by atoms with Gasteiger partial charge < -0.3 is 14.5 Å². The van der Waals surface area contributed by atoms with Crippen molar-refractivity contribution in [1.29, 1.82) is 0 Å². The standard InChI is InChI=1S/C17H32N2O2/c1-5-18-10-6-14(7-11-18)15-8-12-19(13-9-15)16(20)21-17(2,3)4/h14-15H,5-13H2,1-4H3. The number of ether oxygens (including phenoxy) is 1. The zero-order valence-electron chi connectivity index (χ0n) is 14.2. The zero-order valence-corrected chi connectivity index (χ0v) is 14.2. The zero-order chi connectivity index (χ0) is 15.5. The lowest BCUT2D eigenvalue weighted by atomic mass is 9.79. The second-order valence-corrected chi connectivity index (χ2v) is 7.58. The lowest BCUT2D eigenvalue weighted by molar-refractivity contribution is 0.0136. The summed E-state index contributed by atoms with van der Waals surface area (Å²) in [6.45, 7) is 13.5. The van der Waals surface area contributed by atoms with Gasteiger partial charge in [0.1, 0.15) is 5.60 Å². The third-order valence-corrected chi connectivity index (χ3v) is 4.94. The number of carbonyl (C=O) groups excluding carboxylic acids is 1. The fourth-order valence-corrected chi connectivity index (χ4v) is 3.62.